The van der Waals surface area contributed by atoms with Crippen molar-refractivity contribution in [3.63, 3.8) is 0 Å². The highest BCUT2D eigenvalue weighted by atomic mass is 35.5. The lowest BCUT2D eigenvalue weighted by Crippen LogP contribution is -2.21. The fourth-order valence-corrected chi connectivity index (χ4v) is 2.99. The molecule has 0 aliphatic rings. The predicted octanol–water partition coefficient (Wildman–Crippen LogP) is 4.55. The Balaban J connectivity index is 2.37. The molecular formula is C14H15ClFNS. The van der Waals surface area contributed by atoms with Crippen molar-refractivity contribution in [1.82, 2.24) is 5.32 Å². The van der Waals surface area contributed by atoms with Gasteiger partial charge in [0.15, 0.2) is 0 Å². The van der Waals surface area contributed by atoms with Gasteiger partial charge in [-0.2, -0.15) is 0 Å². The Bertz CT molecular complexity index is 538. The third-order valence-electron chi connectivity index (χ3n) is 2.73. The van der Waals surface area contributed by atoms with Gasteiger partial charge in [0.1, 0.15) is 5.82 Å². The molecular weight excluding hydrogens is 269 g/mol. The van der Waals surface area contributed by atoms with Gasteiger partial charge in [0.05, 0.1) is 11.1 Å². The molecule has 0 saturated heterocycles. The van der Waals surface area contributed by atoms with Crippen LogP contribution in [0.5, 0.6) is 0 Å². The van der Waals surface area contributed by atoms with Gasteiger partial charge in [-0.3, -0.25) is 0 Å². The van der Waals surface area contributed by atoms with Crippen molar-refractivity contribution in [3.8, 4) is 0 Å². The van der Waals surface area contributed by atoms with Gasteiger partial charge >= 0.3 is 0 Å². The monoisotopic (exact) mass is 283 g/mol. The molecule has 1 aromatic heterocycles. The quantitative estimate of drug-likeness (QED) is 0.868. The van der Waals surface area contributed by atoms with Crippen LogP contribution >= 0.6 is 22.9 Å². The summed E-state index contributed by atoms with van der Waals surface area (Å²) in [5, 5.41) is 3.54. The van der Waals surface area contributed by atoms with Crippen molar-refractivity contribution >= 4 is 22.9 Å². The van der Waals surface area contributed by atoms with E-state index in [0.29, 0.717) is 0 Å². The van der Waals surface area contributed by atoms with Crippen LogP contribution in [0.2, 0.25) is 5.02 Å². The van der Waals surface area contributed by atoms with Crippen molar-refractivity contribution in [2.45, 2.75) is 19.9 Å². The molecule has 1 unspecified atom stereocenters. The molecule has 0 amide bonds. The van der Waals surface area contributed by atoms with E-state index in [4.69, 9.17) is 11.6 Å². The van der Waals surface area contributed by atoms with E-state index in [0.717, 1.165) is 12.1 Å². The molecule has 18 heavy (non-hydrogen) atoms. The topological polar surface area (TPSA) is 12.0 Å². The van der Waals surface area contributed by atoms with Crippen molar-refractivity contribution < 1.29 is 4.39 Å². The summed E-state index contributed by atoms with van der Waals surface area (Å²) in [5.41, 5.74) is 0.903. The fourth-order valence-electron chi connectivity index (χ4n) is 1.89. The molecule has 0 saturated carbocycles. The molecule has 2 aromatic rings. The second kappa shape index (κ2) is 5.83. The normalized spacial score (nSPS) is 12.7. The number of halogens is 2. The number of aryl methyl sites for hydroxylation is 1. The first-order valence-electron chi connectivity index (χ1n) is 5.86. The third kappa shape index (κ3) is 2.91. The summed E-state index contributed by atoms with van der Waals surface area (Å²) in [4.78, 5) is 2.44. The minimum Gasteiger partial charge on any atom is -0.306 e. The van der Waals surface area contributed by atoms with Crippen molar-refractivity contribution in [2.75, 3.05) is 6.54 Å². The van der Waals surface area contributed by atoms with Crippen LogP contribution in [0.15, 0.2) is 30.3 Å². The second-order valence-corrected chi connectivity index (χ2v) is 5.84. The van der Waals surface area contributed by atoms with Gasteiger partial charge in [0.25, 0.3) is 0 Å². The molecule has 0 aliphatic carbocycles. The minimum atomic E-state index is -0.370. The Morgan fingerprint density at radius 2 is 2.11 bits per heavy atom. The minimum absolute atomic E-state index is 0.0282. The van der Waals surface area contributed by atoms with Crippen LogP contribution < -0.4 is 5.32 Å². The van der Waals surface area contributed by atoms with E-state index >= 15 is 0 Å². The van der Waals surface area contributed by atoms with E-state index < -0.39 is 0 Å². The van der Waals surface area contributed by atoms with Crippen LogP contribution in [0.1, 0.15) is 28.3 Å². The summed E-state index contributed by atoms with van der Waals surface area (Å²) < 4.78 is 13.5. The van der Waals surface area contributed by atoms with Gasteiger partial charge in [-0.05, 0) is 43.3 Å². The fraction of sp³-hybridized carbons (Fsp3) is 0.286. The first kappa shape index (κ1) is 13.5. The molecule has 0 radical (unpaired) electrons. The summed E-state index contributed by atoms with van der Waals surface area (Å²) in [5.74, 6) is -0.370. The average molecular weight is 284 g/mol. The Labute approximate surface area is 116 Å². The number of hydrogen-bond donors (Lipinski definition) is 1. The van der Waals surface area contributed by atoms with Crippen LogP contribution in [0.4, 0.5) is 4.39 Å². The number of nitrogens with one attached hydrogen (secondary N) is 1. The van der Waals surface area contributed by atoms with E-state index in [1.54, 1.807) is 17.4 Å². The maximum Gasteiger partial charge on any atom is 0.142 e. The molecule has 1 nitrogen and oxygen atoms in total. The molecule has 0 fully saturated rings. The maximum absolute atomic E-state index is 13.5. The van der Waals surface area contributed by atoms with E-state index in [9.17, 15) is 4.39 Å². The van der Waals surface area contributed by atoms with Gasteiger partial charge in [0, 0.05) is 9.75 Å². The van der Waals surface area contributed by atoms with Crippen LogP contribution in [0, 0.1) is 12.7 Å². The Hall–Kier alpha value is -0.900. The van der Waals surface area contributed by atoms with Gasteiger partial charge in [-0.25, -0.2) is 4.39 Å². The summed E-state index contributed by atoms with van der Waals surface area (Å²) in [6, 6.07) is 9.17. The number of thiophene rings is 1. The first-order chi connectivity index (χ1) is 8.61. The van der Waals surface area contributed by atoms with Gasteiger partial charge in [-0.15, -0.1) is 11.3 Å². The van der Waals surface area contributed by atoms with E-state index in [1.807, 2.05) is 13.0 Å². The highest BCUT2D eigenvalue weighted by Gasteiger charge is 2.16. The Morgan fingerprint density at radius 1 is 1.33 bits per heavy atom. The molecule has 4 heteroatoms. The molecule has 0 aliphatic heterocycles. The molecule has 0 spiro atoms. The number of hydrogen-bond acceptors (Lipinski definition) is 2. The van der Waals surface area contributed by atoms with Crippen LogP contribution in [0.3, 0.4) is 0 Å². The Kier molecular flexibility index (Phi) is 4.38. The summed E-state index contributed by atoms with van der Waals surface area (Å²) in [7, 11) is 0. The molecule has 1 aromatic carbocycles. The molecule has 96 valence electrons. The summed E-state index contributed by atoms with van der Waals surface area (Å²) in [6.07, 6.45) is 0. The zero-order valence-corrected chi connectivity index (χ0v) is 11.9. The van der Waals surface area contributed by atoms with Crippen molar-refractivity contribution in [1.29, 1.82) is 0 Å². The van der Waals surface area contributed by atoms with Crippen LogP contribution in [0.25, 0.3) is 0 Å². The number of rotatable bonds is 4. The van der Waals surface area contributed by atoms with Gasteiger partial charge < -0.3 is 5.32 Å². The lowest BCUT2D eigenvalue weighted by atomic mass is 10.1. The van der Waals surface area contributed by atoms with Crippen LogP contribution in [-0.4, -0.2) is 6.54 Å². The molecule has 0 bridgehead atoms. The molecule has 1 heterocycles. The summed E-state index contributed by atoms with van der Waals surface area (Å²) >= 11 is 7.44. The lowest BCUT2D eigenvalue weighted by Gasteiger charge is -2.17. The highest BCUT2D eigenvalue weighted by molar-refractivity contribution is 7.12. The second-order valence-electron chi connectivity index (χ2n) is 4.11. The number of benzene rings is 1. The smallest absolute Gasteiger partial charge is 0.142 e. The zero-order valence-electron chi connectivity index (χ0n) is 10.3. The lowest BCUT2D eigenvalue weighted by molar-refractivity contribution is 0.607. The molecule has 2 rings (SSSR count). The van der Waals surface area contributed by atoms with E-state index in [-0.39, 0.29) is 16.9 Å². The van der Waals surface area contributed by atoms with Crippen LogP contribution in [-0.2, 0) is 0 Å². The molecule has 1 N–H and O–H groups in total. The standard InChI is InChI=1S/C14H15ClFNS/c1-3-17-14(13-7-4-9(2)18-13)10-5-6-11(15)12(16)8-10/h4-8,14,17H,3H2,1-2H3. The maximum atomic E-state index is 13.5. The zero-order chi connectivity index (χ0) is 13.1. The van der Waals surface area contributed by atoms with Gasteiger partial charge in [-0.1, -0.05) is 24.6 Å². The molecule has 1 atom stereocenters. The average Bonchev–Trinajstić information content (AvgIpc) is 2.76. The van der Waals surface area contributed by atoms with E-state index in [2.05, 4.69) is 24.4 Å². The highest BCUT2D eigenvalue weighted by Crippen LogP contribution is 2.29. The van der Waals surface area contributed by atoms with Crippen molar-refractivity contribution in [3.05, 3.63) is 56.5 Å². The first-order valence-corrected chi connectivity index (χ1v) is 7.06. The van der Waals surface area contributed by atoms with Gasteiger partial charge in [0.2, 0.25) is 0 Å². The van der Waals surface area contributed by atoms with E-state index in [1.165, 1.54) is 15.8 Å². The summed E-state index contributed by atoms with van der Waals surface area (Å²) in [6.45, 7) is 4.94. The third-order valence-corrected chi connectivity index (χ3v) is 4.10. The van der Waals surface area contributed by atoms with Crippen molar-refractivity contribution in [2.24, 2.45) is 0 Å². The predicted molar refractivity (Wildman–Crippen MR) is 76.0 cm³/mol. The Morgan fingerprint density at radius 3 is 2.67 bits per heavy atom. The SMILES string of the molecule is CCNC(c1ccc(Cl)c(F)c1)c1ccc(C)s1. The largest absolute Gasteiger partial charge is 0.306 e.